The van der Waals surface area contributed by atoms with Gasteiger partial charge in [0.15, 0.2) is 11.5 Å². The number of nitrogens with two attached hydrogens (primary N) is 1. The molecule has 0 aromatic carbocycles. The summed E-state index contributed by atoms with van der Waals surface area (Å²) in [6.45, 7) is 5.67. The zero-order valence-electron chi connectivity index (χ0n) is 20.1. The molecule has 1 amide bonds. The normalized spacial score (nSPS) is 21.3. The van der Waals surface area contributed by atoms with Crippen LogP contribution in [-0.4, -0.2) is 64.2 Å². The lowest BCUT2D eigenvalue weighted by molar-refractivity contribution is -0.138. The second-order valence-corrected chi connectivity index (χ2v) is 9.71. The molecule has 0 unspecified atom stereocenters. The highest BCUT2D eigenvalue weighted by Crippen LogP contribution is 2.45. The van der Waals surface area contributed by atoms with Gasteiger partial charge in [0.1, 0.15) is 18.1 Å². The summed E-state index contributed by atoms with van der Waals surface area (Å²) in [6, 6.07) is 4.10. The number of aliphatic hydroxyl groups excluding tert-OH is 1. The van der Waals surface area contributed by atoms with E-state index in [1.807, 2.05) is 24.0 Å². The van der Waals surface area contributed by atoms with E-state index in [0.717, 1.165) is 59.3 Å². The molecule has 3 atom stereocenters. The number of amides is 1. The summed E-state index contributed by atoms with van der Waals surface area (Å²) in [5.41, 5.74) is 12.4. The van der Waals surface area contributed by atoms with E-state index in [9.17, 15) is 9.90 Å². The van der Waals surface area contributed by atoms with Crippen LogP contribution in [0.4, 0.5) is 5.82 Å². The smallest absolute Gasteiger partial charge is 0.248 e. The molecule has 0 spiro atoms. The predicted molar refractivity (Wildman–Crippen MR) is 136 cm³/mol. The van der Waals surface area contributed by atoms with Crippen molar-refractivity contribution in [1.29, 1.82) is 0 Å². The predicted octanol–water partition coefficient (Wildman–Crippen LogP) is 3.03. The topological polar surface area (TPSA) is 138 Å². The largest absolute Gasteiger partial charge is 0.387 e. The molecular formula is C26H28N8O2. The number of fused-ring (bicyclic) bond motifs is 3. The lowest BCUT2D eigenvalue weighted by Crippen LogP contribution is -2.47. The molecule has 36 heavy (non-hydrogen) atoms. The fourth-order valence-corrected chi connectivity index (χ4v) is 5.96. The Morgan fingerprint density at radius 2 is 2.00 bits per heavy atom. The summed E-state index contributed by atoms with van der Waals surface area (Å²) in [7, 11) is 0. The number of carbonyl (C=O) groups is 1. The van der Waals surface area contributed by atoms with Crippen LogP contribution in [0.5, 0.6) is 0 Å². The van der Waals surface area contributed by atoms with Crippen molar-refractivity contribution in [3.05, 3.63) is 54.8 Å². The fourth-order valence-electron chi connectivity index (χ4n) is 5.96. The molecule has 4 aromatic heterocycles. The molecule has 4 N–H and O–H groups in total. The Balaban J connectivity index is 1.42. The van der Waals surface area contributed by atoms with E-state index in [-0.39, 0.29) is 23.9 Å². The molecule has 4 aromatic rings. The van der Waals surface area contributed by atoms with Crippen LogP contribution in [-0.2, 0) is 4.79 Å². The first-order chi connectivity index (χ1) is 17.5. The van der Waals surface area contributed by atoms with Gasteiger partial charge in [0.2, 0.25) is 5.91 Å². The Labute approximate surface area is 207 Å². The fraction of sp³-hybridized carbons (Fsp3) is 0.346. The van der Waals surface area contributed by atoms with E-state index >= 15 is 0 Å². The zero-order chi connectivity index (χ0) is 25.0. The molecule has 0 radical (unpaired) electrons. The molecule has 6 rings (SSSR count). The minimum Gasteiger partial charge on any atom is -0.387 e. The number of rotatable bonds is 5. The molecule has 2 fully saturated rings. The van der Waals surface area contributed by atoms with Crippen molar-refractivity contribution in [3.8, 4) is 22.6 Å². The summed E-state index contributed by atoms with van der Waals surface area (Å²) in [5.74, 6) is 1.16. The molecule has 2 bridgehead atoms. The molecule has 10 nitrogen and oxygen atoms in total. The number of nitrogens with zero attached hydrogens (tertiary/aromatic N) is 6. The van der Waals surface area contributed by atoms with Crippen molar-refractivity contribution < 1.29 is 9.90 Å². The van der Waals surface area contributed by atoms with E-state index in [1.165, 1.54) is 0 Å². The molecule has 184 valence electrons. The van der Waals surface area contributed by atoms with Gasteiger partial charge in [-0.1, -0.05) is 12.6 Å². The molecule has 2 saturated heterocycles. The quantitative estimate of drug-likeness (QED) is 0.396. The number of hydrogen-bond acceptors (Lipinski definition) is 7. The highest BCUT2D eigenvalue weighted by molar-refractivity contribution is 5.82. The van der Waals surface area contributed by atoms with Gasteiger partial charge in [-0.05, 0) is 44.2 Å². The van der Waals surface area contributed by atoms with Crippen LogP contribution in [0.3, 0.4) is 0 Å². The average Bonchev–Trinajstić information content (AvgIpc) is 3.62. The van der Waals surface area contributed by atoms with Gasteiger partial charge in [0.05, 0.1) is 11.9 Å². The van der Waals surface area contributed by atoms with Crippen molar-refractivity contribution in [1.82, 2.24) is 34.4 Å². The van der Waals surface area contributed by atoms with Gasteiger partial charge in [-0.15, -0.1) is 0 Å². The lowest BCUT2D eigenvalue weighted by atomic mass is 9.84. The molecule has 10 heteroatoms. The number of anilines is 1. The first-order valence-electron chi connectivity index (χ1n) is 12.2. The van der Waals surface area contributed by atoms with Crippen LogP contribution >= 0.6 is 0 Å². The highest BCUT2D eigenvalue weighted by Gasteiger charge is 2.44. The van der Waals surface area contributed by atoms with Crippen molar-refractivity contribution in [2.75, 3.05) is 12.3 Å². The maximum Gasteiger partial charge on any atom is 0.248 e. The standard InChI is InChI=1S/C26H28N8O2/c1-14(2)22-23(16-9-17-4-5-18(10-16)33(17)21(36)13-35)32-26-19(12-31-34(26)24(22)27)15-3-6-20(30-11-15)25-28-7-8-29-25/h3,6-8,11-12,16-18,35H,1,4-5,9-10,13,27H2,2H3,(H,28,29)/t16-,17+,18-. The maximum absolute atomic E-state index is 12.3. The summed E-state index contributed by atoms with van der Waals surface area (Å²) in [6.07, 6.45) is 10.5. The number of aromatic nitrogens is 6. The summed E-state index contributed by atoms with van der Waals surface area (Å²) < 4.78 is 1.67. The van der Waals surface area contributed by atoms with Crippen molar-refractivity contribution in [2.45, 2.75) is 50.6 Å². The van der Waals surface area contributed by atoms with Crippen LogP contribution in [0.2, 0.25) is 0 Å². The molecule has 0 aliphatic carbocycles. The monoisotopic (exact) mass is 484 g/mol. The number of imidazole rings is 1. The van der Waals surface area contributed by atoms with Gasteiger partial charge in [-0.3, -0.25) is 9.78 Å². The van der Waals surface area contributed by atoms with Gasteiger partial charge in [-0.25, -0.2) is 9.97 Å². The Morgan fingerprint density at radius 1 is 1.22 bits per heavy atom. The number of piperidine rings is 1. The number of aromatic amines is 1. The Bertz CT molecular complexity index is 1440. The van der Waals surface area contributed by atoms with Crippen molar-refractivity contribution >= 4 is 22.9 Å². The second-order valence-electron chi connectivity index (χ2n) is 9.71. The summed E-state index contributed by atoms with van der Waals surface area (Å²) in [5, 5.41) is 14.0. The van der Waals surface area contributed by atoms with Gasteiger partial charge >= 0.3 is 0 Å². The van der Waals surface area contributed by atoms with Crippen molar-refractivity contribution in [3.63, 3.8) is 0 Å². The van der Waals surface area contributed by atoms with E-state index in [1.54, 1.807) is 29.3 Å². The number of aliphatic hydroxyl groups is 1. The van der Waals surface area contributed by atoms with E-state index in [4.69, 9.17) is 10.7 Å². The average molecular weight is 485 g/mol. The lowest BCUT2D eigenvalue weighted by Gasteiger charge is -2.39. The second kappa shape index (κ2) is 8.56. The van der Waals surface area contributed by atoms with Crippen LogP contribution in [0.25, 0.3) is 33.9 Å². The number of carbonyl (C=O) groups excluding carboxylic acids is 1. The number of nitrogens with one attached hydrogen (secondary N) is 1. The minimum atomic E-state index is -0.447. The SMILES string of the molecule is C=C(C)c1c([C@H]2C[C@H]3CC[C@@H](C2)N3C(=O)CO)nc2c(-c3ccc(-c4ncc[nH]4)nc3)cnn2c1N. The van der Waals surface area contributed by atoms with Crippen molar-refractivity contribution in [2.24, 2.45) is 0 Å². The third kappa shape index (κ3) is 3.48. The summed E-state index contributed by atoms with van der Waals surface area (Å²) in [4.78, 5) is 31.3. The maximum atomic E-state index is 12.3. The third-order valence-electron chi connectivity index (χ3n) is 7.50. The Morgan fingerprint density at radius 3 is 2.61 bits per heavy atom. The first-order valence-corrected chi connectivity index (χ1v) is 12.2. The molecule has 2 aliphatic heterocycles. The van der Waals surface area contributed by atoms with E-state index in [0.29, 0.717) is 17.3 Å². The Kier molecular flexibility index (Phi) is 5.33. The molecular weight excluding hydrogens is 456 g/mol. The van der Waals surface area contributed by atoms with Crippen LogP contribution in [0.15, 0.2) is 43.5 Å². The van der Waals surface area contributed by atoms with Crippen LogP contribution < -0.4 is 5.73 Å². The number of pyridine rings is 1. The molecule has 2 aliphatic rings. The van der Waals surface area contributed by atoms with E-state index in [2.05, 4.69) is 26.6 Å². The first kappa shape index (κ1) is 22.4. The minimum absolute atomic E-state index is 0.105. The number of allylic oxidation sites excluding steroid dienone is 1. The highest BCUT2D eigenvalue weighted by atomic mass is 16.3. The number of H-pyrrole nitrogens is 1. The van der Waals surface area contributed by atoms with Gasteiger partial charge in [-0.2, -0.15) is 9.61 Å². The van der Waals surface area contributed by atoms with Gasteiger partial charge < -0.3 is 20.7 Å². The molecule has 6 heterocycles. The van der Waals surface area contributed by atoms with Crippen LogP contribution in [0.1, 0.15) is 49.8 Å². The van der Waals surface area contributed by atoms with E-state index < -0.39 is 6.61 Å². The zero-order valence-corrected chi connectivity index (χ0v) is 20.1. The number of hydrogen-bond donors (Lipinski definition) is 3. The number of nitrogen functional groups attached to an aromatic ring is 1. The van der Waals surface area contributed by atoms with Gasteiger partial charge in [0, 0.05) is 53.3 Å². The summed E-state index contributed by atoms with van der Waals surface area (Å²) >= 11 is 0. The third-order valence-corrected chi connectivity index (χ3v) is 7.50. The Hall–Kier alpha value is -4.05. The van der Waals surface area contributed by atoms with Crippen LogP contribution in [0, 0.1) is 0 Å². The van der Waals surface area contributed by atoms with Gasteiger partial charge in [0.25, 0.3) is 0 Å². The molecule has 0 saturated carbocycles.